The molecule has 1 aliphatic heterocycles. The third-order valence-electron chi connectivity index (χ3n) is 4.02. The number of benzene rings is 2. The molecule has 0 bridgehead atoms. The van der Waals surface area contributed by atoms with Crippen molar-refractivity contribution in [1.29, 1.82) is 0 Å². The fourth-order valence-electron chi connectivity index (χ4n) is 2.76. The quantitative estimate of drug-likeness (QED) is 0.690. The van der Waals surface area contributed by atoms with E-state index in [0.29, 0.717) is 5.69 Å². The number of halogens is 2. The van der Waals surface area contributed by atoms with Crippen LogP contribution in [0.4, 0.5) is 10.1 Å². The van der Waals surface area contributed by atoms with Crippen molar-refractivity contribution in [3.05, 3.63) is 76.4 Å². The van der Waals surface area contributed by atoms with Gasteiger partial charge in [-0.15, -0.1) is 0 Å². The van der Waals surface area contributed by atoms with Crippen molar-refractivity contribution < 1.29 is 27.1 Å². The monoisotopic (exact) mass is 423 g/mol. The van der Waals surface area contributed by atoms with E-state index < -0.39 is 40.2 Å². The second kappa shape index (κ2) is 8.12. The number of amides is 1. The van der Waals surface area contributed by atoms with Crippen molar-refractivity contribution in [3.8, 4) is 0 Å². The zero-order chi connectivity index (χ0) is 20.3. The van der Waals surface area contributed by atoms with Gasteiger partial charge >= 0.3 is 5.97 Å². The largest absolute Gasteiger partial charge is 0.452 e. The molecule has 1 amide bonds. The lowest BCUT2D eigenvalue weighted by atomic mass is 10.2. The average Bonchev–Trinajstić information content (AvgIpc) is 3.00. The zero-order valence-electron chi connectivity index (χ0n) is 14.4. The molecule has 0 fully saturated rings. The lowest BCUT2D eigenvalue weighted by molar-refractivity contribution is -0.121. The predicted octanol–water partition coefficient (Wildman–Crippen LogP) is 2.98. The van der Waals surface area contributed by atoms with E-state index in [-0.39, 0.29) is 16.3 Å². The number of sulfone groups is 1. The number of hydrogen-bond donors (Lipinski definition) is 0. The smallest absolute Gasteiger partial charge is 0.341 e. The van der Waals surface area contributed by atoms with Crippen LogP contribution < -0.4 is 4.90 Å². The van der Waals surface area contributed by atoms with E-state index in [1.807, 2.05) is 0 Å². The summed E-state index contributed by atoms with van der Waals surface area (Å²) in [6, 6.07) is 11.1. The first-order valence-corrected chi connectivity index (χ1v) is 10.3. The molecule has 2 aromatic rings. The Bertz CT molecular complexity index is 1040. The first-order chi connectivity index (χ1) is 13.3. The highest BCUT2D eigenvalue weighted by molar-refractivity contribution is 7.94. The van der Waals surface area contributed by atoms with Crippen molar-refractivity contribution in [3.63, 3.8) is 0 Å². The predicted molar refractivity (Wildman–Crippen MR) is 102 cm³/mol. The van der Waals surface area contributed by atoms with Crippen LogP contribution in [0, 0.1) is 5.82 Å². The third kappa shape index (κ3) is 4.58. The van der Waals surface area contributed by atoms with Crippen LogP contribution >= 0.6 is 11.6 Å². The second-order valence-electron chi connectivity index (χ2n) is 6.02. The maximum absolute atomic E-state index is 13.8. The number of carbonyl (C=O) groups is 2. The highest BCUT2D eigenvalue weighted by atomic mass is 35.5. The molecular formula is C19H15ClFNO5S. The van der Waals surface area contributed by atoms with Crippen molar-refractivity contribution in [2.75, 3.05) is 17.3 Å². The van der Waals surface area contributed by atoms with Crippen molar-refractivity contribution in [2.45, 2.75) is 6.04 Å². The molecule has 0 radical (unpaired) electrons. The van der Waals surface area contributed by atoms with Gasteiger partial charge in [-0.2, -0.15) is 0 Å². The van der Waals surface area contributed by atoms with Gasteiger partial charge in [-0.25, -0.2) is 17.6 Å². The Hall–Kier alpha value is -2.71. The summed E-state index contributed by atoms with van der Waals surface area (Å²) in [5, 5.41) is 1.17. The molecule has 0 aromatic heterocycles. The molecule has 0 saturated carbocycles. The molecular weight excluding hydrogens is 409 g/mol. The van der Waals surface area contributed by atoms with Crippen LogP contribution in [-0.2, 0) is 19.4 Å². The van der Waals surface area contributed by atoms with Crippen LogP contribution in [0.1, 0.15) is 10.4 Å². The first-order valence-electron chi connectivity index (χ1n) is 8.17. The van der Waals surface area contributed by atoms with E-state index in [0.717, 1.165) is 17.5 Å². The highest BCUT2D eigenvalue weighted by Crippen LogP contribution is 2.23. The summed E-state index contributed by atoms with van der Waals surface area (Å²) >= 11 is 5.65. The van der Waals surface area contributed by atoms with E-state index in [1.54, 1.807) is 30.3 Å². The van der Waals surface area contributed by atoms with Gasteiger partial charge in [0.2, 0.25) is 0 Å². The lowest BCUT2D eigenvalue weighted by Crippen LogP contribution is -2.43. The minimum absolute atomic E-state index is 0.120. The van der Waals surface area contributed by atoms with Crippen molar-refractivity contribution in [2.24, 2.45) is 0 Å². The van der Waals surface area contributed by atoms with Gasteiger partial charge in [0, 0.05) is 16.1 Å². The first kappa shape index (κ1) is 20.0. The van der Waals surface area contributed by atoms with Crippen LogP contribution in [0.2, 0.25) is 5.02 Å². The van der Waals surface area contributed by atoms with E-state index >= 15 is 0 Å². The standard InChI is InChI=1S/C19H15ClFNO5S/c20-13-6-7-16(17(21)10-13)19(24)27-11-18(23)22(14-4-2-1-3-5-14)15-8-9-28(25,26)12-15/h1-10,15H,11-12H2. The molecule has 2 aromatic carbocycles. The number of rotatable bonds is 5. The maximum Gasteiger partial charge on any atom is 0.341 e. The minimum Gasteiger partial charge on any atom is -0.452 e. The molecule has 146 valence electrons. The Morgan fingerprint density at radius 2 is 1.89 bits per heavy atom. The van der Waals surface area contributed by atoms with Gasteiger partial charge in [0.1, 0.15) is 5.82 Å². The third-order valence-corrected chi connectivity index (χ3v) is 5.64. The van der Waals surface area contributed by atoms with Gasteiger partial charge < -0.3 is 9.64 Å². The van der Waals surface area contributed by atoms with Gasteiger partial charge in [-0.1, -0.05) is 29.8 Å². The number of ether oxygens (including phenoxy) is 1. The molecule has 0 N–H and O–H groups in total. The molecule has 3 rings (SSSR count). The van der Waals surface area contributed by atoms with Gasteiger partial charge in [0.15, 0.2) is 16.4 Å². The van der Waals surface area contributed by atoms with Gasteiger partial charge in [-0.3, -0.25) is 4.79 Å². The van der Waals surface area contributed by atoms with Crippen LogP contribution in [0.3, 0.4) is 0 Å². The van der Waals surface area contributed by atoms with Crippen molar-refractivity contribution >= 4 is 39.0 Å². The molecule has 0 aliphatic carbocycles. The Kier molecular flexibility index (Phi) is 5.81. The van der Waals surface area contributed by atoms with E-state index in [1.165, 1.54) is 17.0 Å². The van der Waals surface area contributed by atoms with Crippen molar-refractivity contribution in [1.82, 2.24) is 0 Å². The Balaban J connectivity index is 1.76. The fraction of sp³-hybridized carbons (Fsp3) is 0.158. The van der Waals surface area contributed by atoms with E-state index in [2.05, 4.69) is 0 Å². The van der Waals surface area contributed by atoms with Crippen LogP contribution in [0.15, 0.2) is 60.0 Å². The molecule has 1 unspecified atom stereocenters. The summed E-state index contributed by atoms with van der Waals surface area (Å²) < 4.78 is 42.3. The molecule has 28 heavy (non-hydrogen) atoms. The fourth-order valence-corrected chi connectivity index (χ4v) is 4.19. The maximum atomic E-state index is 13.8. The minimum atomic E-state index is -3.41. The summed E-state index contributed by atoms with van der Waals surface area (Å²) in [6.45, 7) is -0.680. The summed E-state index contributed by atoms with van der Waals surface area (Å²) in [6.07, 6.45) is 1.40. The number of anilines is 1. The molecule has 1 atom stereocenters. The molecule has 1 heterocycles. The summed E-state index contributed by atoms with van der Waals surface area (Å²) in [4.78, 5) is 26.0. The number of nitrogens with zero attached hydrogens (tertiary/aromatic N) is 1. The molecule has 0 saturated heterocycles. The lowest BCUT2D eigenvalue weighted by Gasteiger charge is -2.27. The number of hydrogen-bond acceptors (Lipinski definition) is 5. The molecule has 9 heteroatoms. The number of para-hydroxylation sites is 1. The molecule has 0 spiro atoms. The molecule has 1 aliphatic rings. The Morgan fingerprint density at radius 3 is 2.50 bits per heavy atom. The van der Waals surface area contributed by atoms with Crippen LogP contribution in [0.5, 0.6) is 0 Å². The van der Waals surface area contributed by atoms with Gasteiger partial charge in [-0.05, 0) is 36.4 Å². The summed E-state index contributed by atoms with van der Waals surface area (Å²) in [5.74, 6) is -2.80. The van der Waals surface area contributed by atoms with Gasteiger partial charge in [0.05, 0.1) is 17.4 Å². The topological polar surface area (TPSA) is 80.8 Å². The number of esters is 1. The summed E-state index contributed by atoms with van der Waals surface area (Å²) in [7, 11) is -3.41. The van der Waals surface area contributed by atoms with Gasteiger partial charge in [0.25, 0.3) is 5.91 Å². The zero-order valence-corrected chi connectivity index (χ0v) is 16.0. The Labute approximate surface area is 166 Å². The SMILES string of the molecule is O=C(OCC(=O)N(c1ccccc1)C1C=CS(=O)(=O)C1)c1ccc(Cl)cc1F. The highest BCUT2D eigenvalue weighted by Gasteiger charge is 2.32. The van der Waals surface area contributed by atoms with E-state index in [9.17, 15) is 22.4 Å². The second-order valence-corrected chi connectivity index (χ2v) is 8.39. The Morgan fingerprint density at radius 1 is 1.18 bits per heavy atom. The average molecular weight is 424 g/mol. The van der Waals surface area contributed by atoms with E-state index in [4.69, 9.17) is 16.3 Å². The van der Waals surface area contributed by atoms with Crippen LogP contribution in [0.25, 0.3) is 0 Å². The number of carbonyl (C=O) groups excluding carboxylic acids is 2. The molecule has 6 nitrogen and oxygen atoms in total. The van der Waals surface area contributed by atoms with Crippen LogP contribution in [-0.4, -0.2) is 38.7 Å². The normalized spacial score (nSPS) is 17.3. The summed E-state index contributed by atoms with van der Waals surface area (Å²) in [5.41, 5.74) is 0.0970.